The van der Waals surface area contributed by atoms with Gasteiger partial charge in [-0.15, -0.1) is 0 Å². The number of rotatable bonds is 67. The second-order valence-electron chi connectivity index (χ2n) is 25.1. The third-order valence-corrected chi connectivity index (χ3v) is 18.2. The number of carbonyl (C=O) groups excluding carboxylic acids is 4. The maximum absolute atomic E-state index is 13.0. The summed E-state index contributed by atoms with van der Waals surface area (Å²) in [5.41, 5.74) is 0. The molecule has 17 nitrogen and oxygen atoms in total. The van der Waals surface area contributed by atoms with E-state index in [2.05, 4.69) is 65.8 Å². The number of carbonyl (C=O) groups is 4. The molecule has 0 radical (unpaired) electrons. The summed E-state index contributed by atoms with van der Waals surface area (Å²) in [5, 5.41) is 10.6. The lowest BCUT2D eigenvalue weighted by Crippen LogP contribution is -2.30. The van der Waals surface area contributed by atoms with Crippen molar-refractivity contribution < 1.29 is 80.2 Å². The van der Waals surface area contributed by atoms with Crippen LogP contribution in [-0.2, 0) is 65.4 Å². The van der Waals surface area contributed by atoms with E-state index in [1.165, 1.54) is 135 Å². The molecule has 0 spiro atoms. The first kappa shape index (κ1) is 86.5. The normalized spacial score (nSPS) is 14.9. The average molecular weight is 1310 g/mol. The lowest BCUT2D eigenvalue weighted by Gasteiger charge is -2.21. The fourth-order valence-corrected chi connectivity index (χ4v) is 11.6. The molecule has 0 saturated heterocycles. The summed E-state index contributed by atoms with van der Waals surface area (Å²) in [7, 11) is -9.91. The van der Waals surface area contributed by atoms with Gasteiger partial charge in [-0.05, 0) is 63.2 Å². The van der Waals surface area contributed by atoms with Crippen LogP contribution in [-0.4, -0.2) is 96.7 Å². The maximum Gasteiger partial charge on any atom is 0.472 e. The standard InChI is InChI=1S/C70H132O17P2/c1-7-11-13-15-17-19-21-22-23-24-25-31-35-42-48-54-69(74)86-65(58-80-68(73)53-47-41-34-30-27-26-28-32-38-44-50-62(5)9-3)60-84-88(76,77)82-56-64(71)57-83-89(78,79)85-61-66(87-70(75)55-49-43-37-36-39-45-51-63(6)10-4)59-81-67(72)52-46-40-33-29-20-18-16-14-12-8-2/h19,21-23,62-66,71H,7-18,20,24-61H2,1-6H3,(H,76,77)(H,78,79)/b21-19-,23-22-/t62?,63?,64-,65-,66-/m1/s1. The topological polar surface area (TPSA) is 237 Å². The highest BCUT2D eigenvalue weighted by atomic mass is 31.2. The Labute approximate surface area is 542 Å². The second-order valence-corrected chi connectivity index (χ2v) is 28.0. The molecule has 0 aromatic carbocycles. The van der Waals surface area contributed by atoms with E-state index in [0.29, 0.717) is 25.7 Å². The number of aliphatic hydroxyl groups excluding tert-OH is 1. The van der Waals surface area contributed by atoms with Gasteiger partial charge in [0.1, 0.15) is 19.3 Å². The van der Waals surface area contributed by atoms with Crippen molar-refractivity contribution in [1.29, 1.82) is 0 Å². The molecule has 0 rings (SSSR count). The first-order valence-corrected chi connectivity index (χ1v) is 38.9. The van der Waals surface area contributed by atoms with Crippen LogP contribution >= 0.6 is 15.6 Å². The Morgan fingerprint density at radius 2 is 0.629 bits per heavy atom. The van der Waals surface area contributed by atoms with Crippen molar-refractivity contribution in [2.24, 2.45) is 11.8 Å². The number of esters is 4. The van der Waals surface area contributed by atoms with Gasteiger partial charge in [-0.25, -0.2) is 9.13 Å². The summed E-state index contributed by atoms with van der Waals surface area (Å²) in [6, 6.07) is 0. The number of aliphatic hydroxyl groups is 1. The van der Waals surface area contributed by atoms with E-state index in [4.69, 9.17) is 37.0 Å². The molecule has 0 aliphatic rings. The zero-order valence-electron chi connectivity index (χ0n) is 57.2. The van der Waals surface area contributed by atoms with E-state index < -0.39 is 97.5 Å². The number of unbranched alkanes of at least 4 members (excludes halogenated alkanes) is 32. The molecular weight excluding hydrogens is 1170 g/mol. The zero-order chi connectivity index (χ0) is 65.7. The van der Waals surface area contributed by atoms with Gasteiger partial charge in [0, 0.05) is 25.7 Å². The molecule has 4 unspecified atom stereocenters. The summed E-state index contributed by atoms with van der Waals surface area (Å²) >= 11 is 0. The molecule has 0 bridgehead atoms. The highest BCUT2D eigenvalue weighted by Gasteiger charge is 2.30. The van der Waals surface area contributed by atoms with Gasteiger partial charge in [-0.3, -0.25) is 37.3 Å². The Morgan fingerprint density at radius 3 is 0.955 bits per heavy atom. The van der Waals surface area contributed by atoms with Crippen LogP contribution in [0.4, 0.5) is 0 Å². The van der Waals surface area contributed by atoms with Crippen LogP contribution in [0.3, 0.4) is 0 Å². The summed E-state index contributed by atoms with van der Waals surface area (Å²) < 4.78 is 68.2. The molecule has 524 valence electrons. The average Bonchev–Trinajstić information content (AvgIpc) is 3.73. The third kappa shape index (κ3) is 61.5. The van der Waals surface area contributed by atoms with E-state index >= 15 is 0 Å². The number of phosphoric acid groups is 2. The Hall–Kier alpha value is -2.46. The summed E-state index contributed by atoms with van der Waals surface area (Å²) in [6.45, 7) is 9.44. The SMILES string of the molecule is CCCCCC/C=C\C=C/CCCCCCCC(=O)O[C@H](COC(=O)CCCCCCCCCCCCC(C)CC)COP(=O)(O)OC[C@@H](O)COP(=O)(O)OC[C@@H](COC(=O)CCCCCCCCCCCC)OC(=O)CCCCCCCCC(C)CC. The highest BCUT2D eigenvalue weighted by Crippen LogP contribution is 2.45. The number of hydrogen-bond acceptors (Lipinski definition) is 15. The molecule has 0 aliphatic heterocycles. The lowest BCUT2D eigenvalue weighted by molar-refractivity contribution is -0.161. The van der Waals surface area contributed by atoms with Crippen LogP contribution in [0.5, 0.6) is 0 Å². The Bertz CT molecular complexity index is 1830. The molecule has 89 heavy (non-hydrogen) atoms. The van der Waals surface area contributed by atoms with Crippen molar-refractivity contribution in [3.63, 3.8) is 0 Å². The van der Waals surface area contributed by atoms with Gasteiger partial charge < -0.3 is 33.8 Å². The van der Waals surface area contributed by atoms with Crippen LogP contribution in [0.2, 0.25) is 0 Å². The van der Waals surface area contributed by atoms with Crippen LogP contribution in [0.25, 0.3) is 0 Å². The van der Waals surface area contributed by atoms with Crippen LogP contribution in [0.1, 0.15) is 330 Å². The van der Waals surface area contributed by atoms with Crippen LogP contribution in [0.15, 0.2) is 24.3 Å². The molecular formula is C70H132O17P2. The molecule has 0 saturated carbocycles. The molecule has 0 aliphatic carbocycles. The van der Waals surface area contributed by atoms with Gasteiger partial charge in [0.2, 0.25) is 0 Å². The molecule has 0 heterocycles. The maximum atomic E-state index is 13.0. The smallest absolute Gasteiger partial charge is 0.462 e. The van der Waals surface area contributed by atoms with Crippen LogP contribution < -0.4 is 0 Å². The summed E-state index contributed by atoms with van der Waals surface area (Å²) in [6.07, 6.45) is 49.3. The molecule has 0 fully saturated rings. The molecule has 0 amide bonds. The Kier molecular flexibility index (Phi) is 60.0. The van der Waals surface area contributed by atoms with E-state index in [-0.39, 0.29) is 25.7 Å². The predicted octanol–water partition coefficient (Wildman–Crippen LogP) is 19.5. The molecule has 7 atom stereocenters. The van der Waals surface area contributed by atoms with Gasteiger partial charge in [0.05, 0.1) is 26.4 Å². The molecule has 0 aromatic heterocycles. The number of phosphoric ester groups is 2. The van der Waals surface area contributed by atoms with Crippen molar-refractivity contribution >= 4 is 39.5 Å². The van der Waals surface area contributed by atoms with Gasteiger partial charge in [0.25, 0.3) is 0 Å². The molecule has 0 aromatic rings. The fraction of sp³-hybridized carbons (Fsp3) is 0.886. The van der Waals surface area contributed by atoms with Gasteiger partial charge in [-0.1, -0.05) is 278 Å². The quantitative estimate of drug-likeness (QED) is 0.0169. The number of hydrogen-bond donors (Lipinski definition) is 3. The first-order valence-electron chi connectivity index (χ1n) is 35.9. The van der Waals surface area contributed by atoms with Crippen LogP contribution in [0, 0.1) is 11.8 Å². The largest absolute Gasteiger partial charge is 0.472 e. The second kappa shape index (κ2) is 61.7. The molecule has 19 heteroatoms. The van der Waals surface area contributed by atoms with E-state index in [0.717, 1.165) is 115 Å². The summed E-state index contributed by atoms with van der Waals surface area (Å²) in [5.74, 6) is -0.633. The van der Waals surface area contributed by atoms with Crippen molar-refractivity contribution in [1.82, 2.24) is 0 Å². The van der Waals surface area contributed by atoms with E-state index in [1.54, 1.807) is 0 Å². The lowest BCUT2D eigenvalue weighted by atomic mass is 9.99. The minimum Gasteiger partial charge on any atom is -0.462 e. The van der Waals surface area contributed by atoms with Crippen molar-refractivity contribution in [3.8, 4) is 0 Å². The summed E-state index contributed by atoms with van der Waals surface area (Å²) in [4.78, 5) is 72.5. The third-order valence-electron chi connectivity index (χ3n) is 16.3. The van der Waals surface area contributed by atoms with E-state index in [1.807, 2.05) is 0 Å². The fourth-order valence-electron chi connectivity index (χ4n) is 9.99. The predicted molar refractivity (Wildman–Crippen MR) is 358 cm³/mol. The number of allylic oxidation sites excluding steroid dienone is 4. The van der Waals surface area contributed by atoms with Gasteiger partial charge in [-0.2, -0.15) is 0 Å². The zero-order valence-corrected chi connectivity index (χ0v) is 59.0. The Morgan fingerprint density at radius 1 is 0.360 bits per heavy atom. The highest BCUT2D eigenvalue weighted by molar-refractivity contribution is 7.47. The number of ether oxygens (including phenoxy) is 4. The van der Waals surface area contributed by atoms with Crippen molar-refractivity contribution in [2.75, 3.05) is 39.6 Å². The minimum atomic E-state index is -4.96. The van der Waals surface area contributed by atoms with Crippen molar-refractivity contribution in [3.05, 3.63) is 24.3 Å². The minimum absolute atomic E-state index is 0.0846. The van der Waals surface area contributed by atoms with Crippen molar-refractivity contribution in [2.45, 2.75) is 349 Å². The van der Waals surface area contributed by atoms with Gasteiger partial charge in [0.15, 0.2) is 12.2 Å². The van der Waals surface area contributed by atoms with E-state index in [9.17, 15) is 43.2 Å². The van der Waals surface area contributed by atoms with Gasteiger partial charge >= 0.3 is 39.5 Å². The first-order chi connectivity index (χ1) is 42.9. The monoisotopic (exact) mass is 1310 g/mol. The Balaban J connectivity index is 5.29. The molecule has 3 N–H and O–H groups in total.